The summed E-state index contributed by atoms with van der Waals surface area (Å²) in [6.45, 7) is 6.52. The number of rotatable bonds is 8. The smallest absolute Gasteiger partial charge is 0.119 e. The zero-order chi connectivity index (χ0) is 17.4. The summed E-state index contributed by atoms with van der Waals surface area (Å²) in [6.07, 6.45) is 6.08. The van der Waals surface area contributed by atoms with Crippen LogP contribution in [0.25, 0.3) is 0 Å². The van der Waals surface area contributed by atoms with E-state index in [0.717, 1.165) is 26.0 Å². The maximum absolute atomic E-state index is 6.62. The van der Waals surface area contributed by atoms with Crippen LogP contribution in [0.4, 0.5) is 0 Å². The highest BCUT2D eigenvalue weighted by Gasteiger charge is 2.35. The van der Waals surface area contributed by atoms with Gasteiger partial charge >= 0.3 is 0 Å². The first-order chi connectivity index (χ1) is 12.3. The zero-order valence-electron chi connectivity index (χ0n) is 15.5. The molecular formula is C23H31NO. The van der Waals surface area contributed by atoms with Crippen LogP contribution in [-0.4, -0.2) is 31.1 Å². The molecule has 0 radical (unpaired) electrons. The molecular weight excluding hydrogens is 306 g/mol. The van der Waals surface area contributed by atoms with Crippen LogP contribution in [0.1, 0.15) is 50.2 Å². The van der Waals surface area contributed by atoms with Gasteiger partial charge in [-0.05, 0) is 49.9 Å². The van der Waals surface area contributed by atoms with Gasteiger partial charge in [-0.1, -0.05) is 74.0 Å². The number of piperidine rings is 1. The zero-order valence-corrected chi connectivity index (χ0v) is 15.5. The molecule has 0 bridgehead atoms. The summed E-state index contributed by atoms with van der Waals surface area (Å²) < 4.78 is 6.62. The molecule has 25 heavy (non-hydrogen) atoms. The second-order valence-electron chi connectivity index (χ2n) is 7.06. The number of ether oxygens (including phenoxy) is 1. The normalized spacial score (nSPS) is 16.0. The molecule has 2 aromatic rings. The number of nitrogens with zero attached hydrogens (tertiary/aromatic N) is 1. The van der Waals surface area contributed by atoms with Crippen LogP contribution < -0.4 is 0 Å². The molecule has 0 aliphatic carbocycles. The lowest BCUT2D eigenvalue weighted by molar-refractivity contribution is -0.0312. The molecule has 1 fully saturated rings. The van der Waals surface area contributed by atoms with Crippen molar-refractivity contribution in [3.8, 4) is 0 Å². The summed E-state index contributed by atoms with van der Waals surface area (Å²) in [5.74, 6) is 0. The molecule has 1 aliphatic heterocycles. The maximum atomic E-state index is 6.62. The Morgan fingerprint density at radius 1 is 0.840 bits per heavy atom. The summed E-state index contributed by atoms with van der Waals surface area (Å²) in [5, 5.41) is 0. The lowest BCUT2D eigenvalue weighted by Gasteiger charge is -2.38. The van der Waals surface area contributed by atoms with Crippen molar-refractivity contribution >= 4 is 0 Å². The van der Waals surface area contributed by atoms with E-state index in [9.17, 15) is 0 Å². The predicted octanol–water partition coefficient (Wildman–Crippen LogP) is 5.23. The molecule has 3 rings (SSSR count). The predicted molar refractivity (Wildman–Crippen MR) is 105 cm³/mol. The number of hydrogen-bond acceptors (Lipinski definition) is 2. The van der Waals surface area contributed by atoms with Gasteiger partial charge in [-0.15, -0.1) is 0 Å². The molecule has 2 aromatic carbocycles. The van der Waals surface area contributed by atoms with E-state index < -0.39 is 0 Å². The fraction of sp³-hybridized carbons (Fsp3) is 0.478. The van der Waals surface area contributed by atoms with Crippen molar-refractivity contribution in [2.45, 2.75) is 44.6 Å². The van der Waals surface area contributed by atoms with Gasteiger partial charge in [0.15, 0.2) is 0 Å². The van der Waals surface area contributed by atoms with E-state index in [1.54, 1.807) is 0 Å². The molecule has 134 valence electrons. The van der Waals surface area contributed by atoms with Crippen molar-refractivity contribution in [3.05, 3.63) is 71.8 Å². The van der Waals surface area contributed by atoms with Gasteiger partial charge in [-0.25, -0.2) is 0 Å². The van der Waals surface area contributed by atoms with Crippen molar-refractivity contribution in [2.24, 2.45) is 0 Å². The van der Waals surface area contributed by atoms with Gasteiger partial charge in [0.25, 0.3) is 0 Å². The monoisotopic (exact) mass is 337 g/mol. The van der Waals surface area contributed by atoms with Crippen LogP contribution >= 0.6 is 0 Å². The molecule has 0 N–H and O–H groups in total. The van der Waals surface area contributed by atoms with Crippen LogP contribution in [0.5, 0.6) is 0 Å². The Morgan fingerprint density at radius 2 is 1.40 bits per heavy atom. The second-order valence-corrected chi connectivity index (χ2v) is 7.06. The van der Waals surface area contributed by atoms with Crippen LogP contribution in [-0.2, 0) is 10.3 Å². The molecule has 0 amide bonds. The molecule has 2 heteroatoms. The minimum Gasteiger partial charge on any atom is -0.366 e. The van der Waals surface area contributed by atoms with E-state index in [1.807, 2.05) is 0 Å². The van der Waals surface area contributed by atoms with E-state index in [-0.39, 0.29) is 5.60 Å². The van der Waals surface area contributed by atoms with Gasteiger partial charge in [0, 0.05) is 13.2 Å². The first-order valence-electron chi connectivity index (χ1n) is 9.82. The average molecular weight is 338 g/mol. The molecule has 0 aromatic heterocycles. The van der Waals surface area contributed by atoms with Gasteiger partial charge in [0.1, 0.15) is 5.60 Å². The highest BCUT2D eigenvalue weighted by Crippen LogP contribution is 2.37. The van der Waals surface area contributed by atoms with Gasteiger partial charge in [0.05, 0.1) is 0 Å². The number of hydrogen-bond donors (Lipinski definition) is 0. The van der Waals surface area contributed by atoms with E-state index in [4.69, 9.17) is 4.74 Å². The molecule has 1 heterocycles. The number of benzene rings is 2. The van der Waals surface area contributed by atoms with Crippen molar-refractivity contribution in [2.75, 3.05) is 26.2 Å². The quantitative estimate of drug-likeness (QED) is 0.654. The third-order valence-corrected chi connectivity index (χ3v) is 5.26. The standard InChI is InChI=1S/C23H31NO/c1-2-20-25-23(21-12-6-3-7-13-21,22-14-8-4-9-15-22)16-19-24-17-10-5-11-18-24/h3-4,6-9,12-15H,2,5,10-11,16-20H2,1H3. The Labute approximate surface area is 152 Å². The lowest BCUT2D eigenvalue weighted by atomic mass is 9.83. The molecule has 2 nitrogen and oxygen atoms in total. The van der Waals surface area contributed by atoms with E-state index in [1.165, 1.54) is 43.5 Å². The molecule has 0 unspecified atom stereocenters. The van der Waals surface area contributed by atoms with Crippen molar-refractivity contribution in [1.82, 2.24) is 4.90 Å². The summed E-state index contributed by atoms with van der Waals surface area (Å²) in [4.78, 5) is 2.61. The van der Waals surface area contributed by atoms with Crippen molar-refractivity contribution < 1.29 is 4.74 Å². The Morgan fingerprint density at radius 3 is 1.92 bits per heavy atom. The Bertz CT molecular complexity index is 565. The van der Waals surface area contributed by atoms with Crippen LogP contribution in [0, 0.1) is 0 Å². The number of likely N-dealkylation sites (tertiary alicyclic amines) is 1. The first-order valence-corrected chi connectivity index (χ1v) is 9.82. The van der Waals surface area contributed by atoms with Crippen molar-refractivity contribution in [1.29, 1.82) is 0 Å². The van der Waals surface area contributed by atoms with Crippen LogP contribution in [0.15, 0.2) is 60.7 Å². The van der Waals surface area contributed by atoms with E-state index in [0.29, 0.717) is 0 Å². The molecule has 0 spiro atoms. The minimum atomic E-state index is -0.351. The third kappa shape index (κ3) is 4.50. The van der Waals surface area contributed by atoms with Gasteiger partial charge in [-0.2, -0.15) is 0 Å². The second kappa shape index (κ2) is 9.17. The van der Waals surface area contributed by atoms with E-state index in [2.05, 4.69) is 72.5 Å². The summed E-state index contributed by atoms with van der Waals surface area (Å²) in [6, 6.07) is 21.6. The molecule has 1 aliphatic rings. The largest absolute Gasteiger partial charge is 0.366 e. The molecule has 0 saturated carbocycles. The summed E-state index contributed by atoms with van der Waals surface area (Å²) in [7, 11) is 0. The fourth-order valence-electron chi connectivity index (χ4n) is 3.88. The van der Waals surface area contributed by atoms with Gasteiger partial charge in [0.2, 0.25) is 0 Å². The summed E-state index contributed by atoms with van der Waals surface area (Å²) in [5.41, 5.74) is 2.19. The van der Waals surface area contributed by atoms with Crippen LogP contribution in [0.3, 0.4) is 0 Å². The first kappa shape index (κ1) is 18.2. The lowest BCUT2D eigenvalue weighted by Crippen LogP contribution is -2.38. The van der Waals surface area contributed by atoms with Gasteiger partial charge < -0.3 is 9.64 Å². The topological polar surface area (TPSA) is 12.5 Å². The maximum Gasteiger partial charge on any atom is 0.119 e. The average Bonchev–Trinajstić information content (AvgIpc) is 2.71. The van der Waals surface area contributed by atoms with Gasteiger partial charge in [-0.3, -0.25) is 0 Å². The fourth-order valence-corrected chi connectivity index (χ4v) is 3.88. The Balaban J connectivity index is 1.92. The van der Waals surface area contributed by atoms with Crippen LogP contribution in [0.2, 0.25) is 0 Å². The van der Waals surface area contributed by atoms with Crippen molar-refractivity contribution in [3.63, 3.8) is 0 Å². The SMILES string of the molecule is CCCOC(CCN1CCCCC1)(c1ccccc1)c1ccccc1. The highest BCUT2D eigenvalue weighted by atomic mass is 16.5. The molecule has 0 atom stereocenters. The van der Waals surface area contributed by atoms with E-state index >= 15 is 0 Å². The minimum absolute atomic E-state index is 0.351. The molecule has 1 saturated heterocycles. The third-order valence-electron chi connectivity index (χ3n) is 5.26. The highest BCUT2D eigenvalue weighted by molar-refractivity contribution is 5.36. The Kier molecular flexibility index (Phi) is 6.66. The summed E-state index contributed by atoms with van der Waals surface area (Å²) >= 11 is 0. The Hall–Kier alpha value is -1.64.